The van der Waals surface area contributed by atoms with E-state index in [9.17, 15) is 0 Å². The monoisotopic (exact) mass is 234 g/mol. The highest BCUT2D eigenvalue weighted by molar-refractivity contribution is 5.10. The van der Waals surface area contributed by atoms with E-state index in [4.69, 9.17) is 0 Å². The zero-order valence-electron chi connectivity index (χ0n) is 11.2. The summed E-state index contributed by atoms with van der Waals surface area (Å²) in [6.45, 7) is 5.75. The molecule has 0 radical (unpaired) electrons. The fourth-order valence-electron chi connectivity index (χ4n) is 2.99. The first-order valence-electron chi connectivity index (χ1n) is 7.18. The van der Waals surface area contributed by atoms with Gasteiger partial charge in [-0.25, -0.2) is 0 Å². The van der Waals surface area contributed by atoms with E-state index in [1.54, 1.807) is 0 Å². The maximum atomic E-state index is 3.73. The van der Waals surface area contributed by atoms with Crippen LogP contribution in [0.2, 0.25) is 0 Å². The highest BCUT2D eigenvalue weighted by Crippen LogP contribution is 2.36. The van der Waals surface area contributed by atoms with Crippen molar-refractivity contribution in [3.8, 4) is 0 Å². The molecule has 0 saturated heterocycles. The number of hydrogen-bond donors (Lipinski definition) is 2. The largest absolute Gasteiger partial charge is 0.364 e. The van der Waals surface area contributed by atoms with Crippen molar-refractivity contribution < 1.29 is 0 Å². The Morgan fingerprint density at radius 2 is 2.12 bits per heavy atom. The minimum absolute atomic E-state index is 0.539. The molecule has 0 aliphatic heterocycles. The van der Waals surface area contributed by atoms with E-state index in [-0.39, 0.29) is 0 Å². The van der Waals surface area contributed by atoms with E-state index >= 15 is 0 Å². The van der Waals surface area contributed by atoms with Gasteiger partial charge in [0.1, 0.15) is 0 Å². The van der Waals surface area contributed by atoms with E-state index in [0.717, 1.165) is 18.4 Å². The maximum absolute atomic E-state index is 3.73. The smallest absolute Gasteiger partial charge is 0.0501 e. The molecule has 1 aromatic rings. The Hall–Kier alpha value is -0.760. The summed E-state index contributed by atoms with van der Waals surface area (Å²) in [5.74, 6) is 1.75. The summed E-state index contributed by atoms with van der Waals surface area (Å²) in [6, 6.07) is 4.88. The molecule has 2 N–H and O–H groups in total. The average molecular weight is 234 g/mol. The topological polar surface area (TPSA) is 27.8 Å². The molecule has 0 amide bonds. The Balaban J connectivity index is 2.00. The Kier molecular flexibility index (Phi) is 4.66. The number of aromatic amines is 1. The molecule has 1 aromatic heterocycles. The molecule has 0 aromatic carbocycles. The van der Waals surface area contributed by atoms with Crippen LogP contribution in [0.15, 0.2) is 18.3 Å². The van der Waals surface area contributed by atoms with Crippen LogP contribution in [-0.4, -0.2) is 11.5 Å². The second-order valence-corrected chi connectivity index (χ2v) is 5.58. The third-order valence-electron chi connectivity index (χ3n) is 4.10. The Bertz CT molecular complexity index is 297. The number of rotatable bonds is 5. The fourth-order valence-corrected chi connectivity index (χ4v) is 2.99. The van der Waals surface area contributed by atoms with E-state index in [1.807, 2.05) is 6.20 Å². The quantitative estimate of drug-likeness (QED) is 0.795. The molecule has 1 atom stereocenters. The summed E-state index contributed by atoms with van der Waals surface area (Å²) in [7, 11) is 0. The van der Waals surface area contributed by atoms with Crippen LogP contribution in [-0.2, 0) is 0 Å². The summed E-state index contributed by atoms with van der Waals surface area (Å²) in [5, 5.41) is 3.73. The van der Waals surface area contributed by atoms with Crippen molar-refractivity contribution in [2.75, 3.05) is 6.54 Å². The van der Waals surface area contributed by atoms with Crippen LogP contribution < -0.4 is 5.32 Å². The van der Waals surface area contributed by atoms with Gasteiger partial charge in [0.2, 0.25) is 0 Å². The van der Waals surface area contributed by atoms with Crippen molar-refractivity contribution >= 4 is 0 Å². The van der Waals surface area contributed by atoms with Crippen LogP contribution >= 0.6 is 0 Å². The molecule has 1 heterocycles. The van der Waals surface area contributed by atoms with E-state index < -0.39 is 0 Å². The van der Waals surface area contributed by atoms with E-state index in [1.165, 1.54) is 37.8 Å². The minimum Gasteiger partial charge on any atom is -0.364 e. The number of hydrogen-bond acceptors (Lipinski definition) is 1. The Morgan fingerprint density at radius 1 is 1.35 bits per heavy atom. The van der Waals surface area contributed by atoms with Crippen molar-refractivity contribution in [2.45, 2.75) is 52.0 Å². The van der Waals surface area contributed by atoms with Crippen molar-refractivity contribution in [3.63, 3.8) is 0 Å². The van der Waals surface area contributed by atoms with Crippen LogP contribution in [0.3, 0.4) is 0 Å². The van der Waals surface area contributed by atoms with Crippen LogP contribution in [0.4, 0.5) is 0 Å². The van der Waals surface area contributed by atoms with Gasteiger partial charge in [-0.2, -0.15) is 0 Å². The van der Waals surface area contributed by atoms with Gasteiger partial charge in [-0.15, -0.1) is 0 Å². The Labute approximate surface area is 105 Å². The van der Waals surface area contributed by atoms with Crippen molar-refractivity contribution in [3.05, 3.63) is 24.0 Å². The first-order valence-corrected chi connectivity index (χ1v) is 7.18. The predicted octanol–water partition coefficient (Wildman–Crippen LogP) is 3.88. The molecule has 2 rings (SSSR count). The van der Waals surface area contributed by atoms with Gasteiger partial charge in [-0.05, 0) is 49.8 Å². The summed E-state index contributed by atoms with van der Waals surface area (Å²) in [6.07, 6.45) is 8.80. The zero-order chi connectivity index (χ0) is 12.1. The van der Waals surface area contributed by atoms with Crippen LogP contribution in [0.1, 0.15) is 57.7 Å². The molecule has 1 aliphatic carbocycles. The molecule has 2 nitrogen and oxygen atoms in total. The van der Waals surface area contributed by atoms with Crippen LogP contribution in [0, 0.1) is 11.8 Å². The predicted molar refractivity (Wildman–Crippen MR) is 72.9 cm³/mol. The SMILES string of the molecule is CCCNC(c1ccc[nH]1)C1CCC(C)CC1. The molecule has 1 saturated carbocycles. The zero-order valence-corrected chi connectivity index (χ0v) is 11.2. The lowest BCUT2D eigenvalue weighted by atomic mass is 9.78. The summed E-state index contributed by atoms with van der Waals surface area (Å²) < 4.78 is 0. The lowest BCUT2D eigenvalue weighted by Gasteiger charge is -2.33. The molecule has 1 aliphatic rings. The van der Waals surface area contributed by atoms with Gasteiger partial charge in [0.05, 0.1) is 6.04 Å². The molecule has 2 heteroatoms. The van der Waals surface area contributed by atoms with Gasteiger partial charge in [0, 0.05) is 11.9 Å². The highest BCUT2D eigenvalue weighted by atomic mass is 14.9. The molecular formula is C15H26N2. The third kappa shape index (κ3) is 3.35. The van der Waals surface area contributed by atoms with Gasteiger partial charge >= 0.3 is 0 Å². The lowest BCUT2D eigenvalue weighted by Crippen LogP contribution is -2.31. The molecule has 1 unspecified atom stereocenters. The molecule has 1 fully saturated rings. The summed E-state index contributed by atoms with van der Waals surface area (Å²) in [4.78, 5) is 3.39. The van der Waals surface area contributed by atoms with Crippen LogP contribution in [0.5, 0.6) is 0 Å². The van der Waals surface area contributed by atoms with Gasteiger partial charge < -0.3 is 10.3 Å². The van der Waals surface area contributed by atoms with E-state index in [2.05, 4.69) is 36.3 Å². The standard InChI is InChI=1S/C15H26N2/c1-3-10-17-15(14-5-4-11-16-14)13-8-6-12(2)7-9-13/h4-5,11-13,15-17H,3,6-10H2,1-2H3. The Morgan fingerprint density at radius 3 is 2.71 bits per heavy atom. The maximum Gasteiger partial charge on any atom is 0.0501 e. The first-order chi connectivity index (χ1) is 8.31. The normalized spacial score (nSPS) is 26.9. The highest BCUT2D eigenvalue weighted by Gasteiger charge is 2.27. The van der Waals surface area contributed by atoms with Crippen molar-refractivity contribution in [1.82, 2.24) is 10.3 Å². The molecule has 0 bridgehead atoms. The molecule has 0 spiro atoms. The van der Waals surface area contributed by atoms with Gasteiger partial charge in [-0.1, -0.05) is 26.7 Å². The first kappa shape index (κ1) is 12.7. The second-order valence-electron chi connectivity index (χ2n) is 5.58. The molecular weight excluding hydrogens is 208 g/mol. The van der Waals surface area contributed by atoms with Crippen LogP contribution in [0.25, 0.3) is 0 Å². The average Bonchev–Trinajstić information content (AvgIpc) is 2.85. The minimum atomic E-state index is 0.539. The summed E-state index contributed by atoms with van der Waals surface area (Å²) >= 11 is 0. The third-order valence-corrected chi connectivity index (χ3v) is 4.10. The van der Waals surface area contributed by atoms with Crippen molar-refractivity contribution in [2.24, 2.45) is 11.8 Å². The van der Waals surface area contributed by atoms with Crippen molar-refractivity contribution in [1.29, 1.82) is 0 Å². The molecule has 17 heavy (non-hydrogen) atoms. The van der Waals surface area contributed by atoms with Gasteiger partial charge in [-0.3, -0.25) is 0 Å². The number of nitrogens with one attached hydrogen (secondary N) is 2. The fraction of sp³-hybridized carbons (Fsp3) is 0.733. The molecule has 96 valence electrons. The van der Waals surface area contributed by atoms with Gasteiger partial charge in [0.15, 0.2) is 0 Å². The second kappa shape index (κ2) is 6.25. The number of H-pyrrole nitrogens is 1. The number of aromatic nitrogens is 1. The van der Waals surface area contributed by atoms with E-state index in [0.29, 0.717) is 6.04 Å². The lowest BCUT2D eigenvalue weighted by molar-refractivity contribution is 0.229. The van der Waals surface area contributed by atoms with Gasteiger partial charge in [0.25, 0.3) is 0 Å². The summed E-state index contributed by atoms with van der Waals surface area (Å²) in [5.41, 5.74) is 1.37.